The Labute approximate surface area is 182 Å². The number of rotatable bonds is 5. The molecule has 1 saturated heterocycles. The van der Waals surface area contributed by atoms with Gasteiger partial charge in [0.1, 0.15) is 4.21 Å². The van der Waals surface area contributed by atoms with Crippen LogP contribution >= 0.6 is 22.9 Å². The van der Waals surface area contributed by atoms with Crippen LogP contribution in [0.25, 0.3) is 11.5 Å². The Morgan fingerprint density at radius 3 is 2.67 bits per heavy atom. The van der Waals surface area contributed by atoms with Crippen molar-refractivity contribution in [3.63, 3.8) is 0 Å². The van der Waals surface area contributed by atoms with Gasteiger partial charge in [-0.1, -0.05) is 34.4 Å². The van der Waals surface area contributed by atoms with Crippen LogP contribution in [0, 0.1) is 12.8 Å². The maximum atomic E-state index is 12.7. The quantitative estimate of drug-likeness (QED) is 0.613. The molecule has 4 rings (SSSR count). The monoisotopic (exact) mass is 466 g/mol. The molecule has 1 aromatic carbocycles. The number of benzene rings is 1. The first-order valence-corrected chi connectivity index (χ1v) is 11.9. The summed E-state index contributed by atoms with van der Waals surface area (Å²) in [4.78, 5) is 12.6. The van der Waals surface area contributed by atoms with Crippen molar-refractivity contribution < 1.29 is 17.6 Å². The number of sulfonamides is 1. The van der Waals surface area contributed by atoms with Gasteiger partial charge in [0.2, 0.25) is 11.8 Å². The van der Waals surface area contributed by atoms with Gasteiger partial charge in [-0.3, -0.25) is 10.1 Å². The highest BCUT2D eigenvalue weighted by Crippen LogP contribution is 2.31. The molecule has 3 heterocycles. The number of carbonyl (C=O) groups is 1. The second kappa shape index (κ2) is 8.46. The van der Waals surface area contributed by atoms with Gasteiger partial charge in [-0.05, 0) is 44.0 Å². The maximum absolute atomic E-state index is 12.7. The third-order valence-corrected chi connectivity index (χ3v) is 8.48. The van der Waals surface area contributed by atoms with E-state index in [1.54, 1.807) is 6.07 Å². The number of nitrogens with one attached hydrogen (secondary N) is 1. The Kier molecular flexibility index (Phi) is 5.92. The lowest BCUT2D eigenvalue weighted by Crippen LogP contribution is -2.41. The number of halogens is 1. The van der Waals surface area contributed by atoms with E-state index < -0.39 is 10.0 Å². The highest BCUT2D eigenvalue weighted by atomic mass is 35.5. The van der Waals surface area contributed by atoms with E-state index in [4.69, 9.17) is 16.0 Å². The molecule has 158 valence electrons. The first-order chi connectivity index (χ1) is 14.3. The number of anilines is 1. The molecule has 2 aromatic heterocycles. The zero-order valence-corrected chi connectivity index (χ0v) is 18.4. The zero-order valence-electron chi connectivity index (χ0n) is 16.0. The summed E-state index contributed by atoms with van der Waals surface area (Å²) in [7, 11) is -3.59. The molecule has 0 bridgehead atoms. The van der Waals surface area contributed by atoms with Crippen molar-refractivity contribution in [2.45, 2.75) is 24.0 Å². The number of amides is 1. The van der Waals surface area contributed by atoms with Crippen LogP contribution in [0.2, 0.25) is 4.34 Å². The van der Waals surface area contributed by atoms with Crippen molar-refractivity contribution in [3.05, 3.63) is 46.3 Å². The molecule has 1 aliphatic heterocycles. The van der Waals surface area contributed by atoms with Crippen molar-refractivity contribution in [2.24, 2.45) is 5.92 Å². The topological polar surface area (TPSA) is 105 Å². The molecule has 3 aromatic rings. The van der Waals surface area contributed by atoms with E-state index in [0.717, 1.165) is 22.5 Å². The Bertz CT molecular complexity index is 1170. The molecule has 1 N–H and O–H groups in total. The molecule has 0 aliphatic carbocycles. The molecule has 0 spiro atoms. The van der Waals surface area contributed by atoms with E-state index in [0.29, 0.717) is 23.1 Å². The van der Waals surface area contributed by atoms with Crippen LogP contribution in [-0.4, -0.2) is 41.9 Å². The average molecular weight is 467 g/mol. The number of hydrogen-bond donors (Lipinski definition) is 1. The Balaban J connectivity index is 1.36. The minimum absolute atomic E-state index is 0.0276. The van der Waals surface area contributed by atoms with Crippen LogP contribution < -0.4 is 5.32 Å². The molecule has 1 aliphatic rings. The van der Waals surface area contributed by atoms with Crippen molar-refractivity contribution in [2.75, 3.05) is 18.4 Å². The molecular formula is C19H19ClN4O4S2. The lowest BCUT2D eigenvalue weighted by Gasteiger charge is -2.29. The van der Waals surface area contributed by atoms with Gasteiger partial charge in [-0.2, -0.15) is 4.31 Å². The van der Waals surface area contributed by atoms with Crippen molar-refractivity contribution in [1.82, 2.24) is 14.5 Å². The molecule has 0 atom stereocenters. The van der Waals surface area contributed by atoms with E-state index in [1.807, 2.05) is 31.2 Å². The van der Waals surface area contributed by atoms with Gasteiger partial charge in [0.15, 0.2) is 0 Å². The molecule has 8 nitrogen and oxygen atoms in total. The molecule has 0 unspecified atom stereocenters. The first-order valence-electron chi connectivity index (χ1n) is 9.30. The molecule has 11 heteroatoms. The van der Waals surface area contributed by atoms with Gasteiger partial charge in [0.05, 0.1) is 4.34 Å². The smallest absolute Gasteiger partial charge is 0.322 e. The highest BCUT2D eigenvalue weighted by molar-refractivity contribution is 7.91. The van der Waals surface area contributed by atoms with Crippen LogP contribution in [0.5, 0.6) is 0 Å². The van der Waals surface area contributed by atoms with Gasteiger partial charge in [0, 0.05) is 24.6 Å². The van der Waals surface area contributed by atoms with Gasteiger partial charge in [-0.25, -0.2) is 8.42 Å². The SMILES string of the molecule is Cc1cccc(-c2nnc(NC(=O)C3CCN(S(=O)(=O)c4ccc(Cl)s4)CC3)o2)c1. The number of hydrogen-bond acceptors (Lipinski definition) is 7. The molecule has 1 amide bonds. The minimum Gasteiger partial charge on any atom is -0.403 e. The van der Waals surface area contributed by atoms with E-state index >= 15 is 0 Å². The third kappa shape index (κ3) is 4.41. The van der Waals surface area contributed by atoms with Gasteiger partial charge < -0.3 is 4.42 Å². The predicted octanol–water partition coefficient (Wildman–Crippen LogP) is 3.80. The Morgan fingerprint density at radius 1 is 1.23 bits per heavy atom. The van der Waals surface area contributed by atoms with Crippen LogP contribution in [0.3, 0.4) is 0 Å². The zero-order chi connectivity index (χ0) is 21.3. The Hall–Kier alpha value is -2.27. The van der Waals surface area contributed by atoms with Gasteiger partial charge >= 0.3 is 6.01 Å². The van der Waals surface area contributed by atoms with E-state index in [9.17, 15) is 13.2 Å². The highest BCUT2D eigenvalue weighted by Gasteiger charge is 2.33. The minimum atomic E-state index is -3.59. The average Bonchev–Trinajstić information content (AvgIpc) is 3.37. The summed E-state index contributed by atoms with van der Waals surface area (Å²) >= 11 is 6.89. The molecular weight excluding hydrogens is 448 g/mol. The third-order valence-electron chi connectivity index (χ3n) is 4.89. The number of piperidine rings is 1. The van der Waals surface area contributed by atoms with E-state index in [2.05, 4.69) is 15.5 Å². The molecule has 0 radical (unpaired) electrons. The maximum Gasteiger partial charge on any atom is 0.322 e. The summed E-state index contributed by atoms with van der Waals surface area (Å²) in [5.74, 6) is -0.270. The second-order valence-electron chi connectivity index (χ2n) is 7.01. The number of aromatic nitrogens is 2. The summed E-state index contributed by atoms with van der Waals surface area (Å²) in [6.45, 7) is 2.48. The van der Waals surface area contributed by atoms with E-state index in [-0.39, 0.29) is 35.1 Å². The van der Waals surface area contributed by atoms with E-state index in [1.165, 1.54) is 10.4 Å². The summed E-state index contributed by atoms with van der Waals surface area (Å²) in [5, 5.41) is 10.5. The van der Waals surface area contributed by atoms with Crippen LogP contribution in [0.15, 0.2) is 45.0 Å². The molecule has 30 heavy (non-hydrogen) atoms. The van der Waals surface area contributed by atoms with Crippen molar-refractivity contribution >= 4 is 44.9 Å². The number of nitrogens with zero attached hydrogens (tertiary/aromatic N) is 3. The summed E-state index contributed by atoms with van der Waals surface area (Å²) in [5.41, 5.74) is 1.83. The van der Waals surface area contributed by atoms with Gasteiger partial charge in [0.25, 0.3) is 10.0 Å². The fourth-order valence-corrected chi connectivity index (χ4v) is 6.40. The van der Waals surface area contributed by atoms with Crippen molar-refractivity contribution in [1.29, 1.82) is 0 Å². The number of aryl methyl sites for hydroxylation is 1. The van der Waals surface area contributed by atoms with Crippen molar-refractivity contribution in [3.8, 4) is 11.5 Å². The Morgan fingerprint density at radius 2 is 2.00 bits per heavy atom. The largest absolute Gasteiger partial charge is 0.403 e. The fraction of sp³-hybridized carbons (Fsp3) is 0.316. The summed E-state index contributed by atoms with van der Waals surface area (Å²) in [6.07, 6.45) is 0.812. The van der Waals surface area contributed by atoms with Crippen LogP contribution in [-0.2, 0) is 14.8 Å². The first kappa shape index (κ1) is 21.0. The predicted molar refractivity (Wildman–Crippen MR) is 114 cm³/mol. The van der Waals surface area contributed by atoms with Gasteiger partial charge in [-0.15, -0.1) is 16.4 Å². The summed E-state index contributed by atoms with van der Waals surface area (Å²) < 4.78 is 32.9. The molecule has 0 saturated carbocycles. The molecule has 1 fully saturated rings. The standard InChI is InChI=1S/C19H19ClN4O4S2/c1-12-3-2-4-14(11-12)18-22-23-19(28-18)21-17(25)13-7-9-24(10-8-13)30(26,27)16-6-5-15(20)29-16/h2-6,11,13H,7-10H2,1H3,(H,21,23,25). The van der Waals surface area contributed by atoms with Crippen LogP contribution in [0.1, 0.15) is 18.4 Å². The fourth-order valence-electron chi connectivity index (χ4n) is 3.30. The van der Waals surface area contributed by atoms with Crippen LogP contribution in [0.4, 0.5) is 6.01 Å². The summed E-state index contributed by atoms with van der Waals surface area (Å²) in [6, 6.07) is 10.7. The number of carbonyl (C=O) groups excluding carboxylic acids is 1. The normalized spacial score (nSPS) is 15.9. The number of thiophene rings is 1. The second-order valence-corrected chi connectivity index (χ2v) is 10.9. The lowest BCUT2D eigenvalue weighted by atomic mass is 9.97. The lowest BCUT2D eigenvalue weighted by molar-refractivity contribution is -0.121.